The highest BCUT2D eigenvalue weighted by atomic mass is 16.1. The van der Waals surface area contributed by atoms with Crippen LogP contribution < -0.4 is 5.32 Å². The first-order valence-electron chi connectivity index (χ1n) is 7.98. The van der Waals surface area contributed by atoms with E-state index in [0.717, 1.165) is 11.1 Å². The molecule has 0 saturated heterocycles. The van der Waals surface area contributed by atoms with E-state index in [1.54, 1.807) is 12.3 Å². The predicted octanol–water partition coefficient (Wildman–Crippen LogP) is 4.47. The number of benzene rings is 2. The summed E-state index contributed by atoms with van der Waals surface area (Å²) in [5.74, 6) is 0.112. The molecule has 0 aliphatic heterocycles. The standard InChI is InChI=1S/C21H20N2O/c1-15-6-10-17(11-7-15)20(18-12-8-16(2)9-13-18)21(24)23-19-5-3-4-14-22-19/h3-14,20H,1-2H3,(H,22,23,24). The van der Waals surface area contributed by atoms with E-state index < -0.39 is 0 Å². The Morgan fingerprint density at radius 1 is 0.833 bits per heavy atom. The molecule has 1 aromatic heterocycles. The van der Waals surface area contributed by atoms with Crippen molar-refractivity contribution in [1.29, 1.82) is 0 Å². The van der Waals surface area contributed by atoms with Crippen LogP contribution in [0.4, 0.5) is 5.82 Å². The van der Waals surface area contributed by atoms with Crippen LogP contribution in [0.1, 0.15) is 28.2 Å². The van der Waals surface area contributed by atoms with Crippen molar-refractivity contribution in [3.63, 3.8) is 0 Å². The van der Waals surface area contributed by atoms with Crippen LogP contribution in [-0.2, 0) is 4.79 Å². The first-order chi connectivity index (χ1) is 11.6. The summed E-state index contributed by atoms with van der Waals surface area (Å²) in [7, 11) is 0. The minimum absolute atomic E-state index is 0.0820. The van der Waals surface area contributed by atoms with Gasteiger partial charge in [-0.3, -0.25) is 4.79 Å². The number of aromatic nitrogens is 1. The van der Waals surface area contributed by atoms with Gasteiger partial charge in [-0.1, -0.05) is 65.7 Å². The molecule has 24 heavy (non-hydrogen) atoms. The van der Waals surface area contributed by atoms with Crippen LogP contribution in [0.3, 0.4) is 0 Å². The molecule has 1 N–H and O–H groups in total. The smallest absolute Gasteiger partial charge is 0.237 e. The van der Waals surface area contributed by atoms with Crippen molar-refractivity contribution in [1.82, 2.24) is 4.98 Å². The van der Waals surface area contributed by atoms with Gasteiger partial charge < -0.3 is 5.32 Å². The van der Waals surface area contributed by atoms with Crippen LogP contribution in [0.5, 0.6) is 0 Å². The fraction of sp³-hybridized carbons (Fsp3) is 0.143. The van der Waals surface area contributed by atoms with Gasteiger partial charge in [-0.05, 0) is 37.1 Å². The molecule has 3 heteroatoms. The summed E-state index contributed by atoms with van der Waals surface area (Å²) < 4.78 is 0. The summed E-state index contributed by atoms with van der Waals surface area (Å²) in [6, 6.07) is 21.7. The predicted molar refractivity (Wildman–Crippen MR) is 97.1 cm³/mol. The number of aryl methyl sites for hydroxylation is 2. The third kappa shape index (κ3) is 3.69. The van der Waals surface area contributed by atoms with Crippen molar-refractivity contribution in [2.24, 2.45) is 0 Å². The first-order valence-corrected chi connectivity index (χ1v) is 7.98. The highest BCUT2D eigenvalue weighted by molar-refractivity contribution is 5.97. The Labute approximate surface area is 142 Å². The quantitative estimate of drug-likeness (QED) is 0.771. The zero-order valence-electron chi connectivity index (χ0n) is 13.9. The fourth-order valence-corrected chi connectivity index (χ4v) is 2.65. The van der Waals surface area contributed by atoms with E-state index in [4.69, 9.17) is 0 Å². The lowest BCUT2D eigenvalue weighted by atomic mass is 9.89. The van der Waals surface area contributed by atoms with Crippen LogP contribution in [0.15, 0.2) is 72.9 Å². The molecule has 1 amide bonds. The lowest BCUT2D eigenvalue weighted by Gasteiger charge is -2.18. The van der Waals surface area contributed by atoms with Crippen molar-refractivity contribution < 1.29 is 4.79 Å². The molecule has 0 spiro atoms. The lowest BCUT2D eigenvalue weighted by molar-refractivity contribution is -0.116. The van der Waals surface area contributed by atoms with Gasteiger partial charge >= 0.3 is 0 Å². The van der Waals surface area contributed by atoms with E-state index in [2.05, 4.69) is 10.3 Å². The van der Waals surface area contributed by atoms with Gasteiger partial charge in [0.05, 0.1) is 5.92 Å². The summed E-state index contributed by atoms with van der Waals surface area (Å²) in [5, 5.41) is 2.92. The van der Waals surface area contributed by atoms with Gasteiger partial charge in [0.15, 0.2) is 0 Å². The van der Waals surface area contributed by atoms with Gasteiger partial charge in [-0.2, -0.15) is 0 Å². The van der Waals surface area contributed by atoms with E-state index in [0.29, 0.717) is 5.82 Å². The molecular weight excluding hydrogens is 296 g/mol. The number of pyridine rings is 1. The lowest BCUT2D eigenvalue weighted by Crippen LogP contribution is -2.22. The van der Waals surface area contributed by atoms with Crippen molar-refractivity contribution in [2.75, 3.05) is 5.32 Å². The van der Waals surface area contributed by atoms with E-state index in [1.807, 2.05) is 74.5 Å². The molecule has 0 radical (unpaired) electrons. The van der Waals surface area contributed by atoms with Gasteiger partial charge in [0.1, 0.15) is 5.82 Å². The normalized spacial score (nSPS) is 10.6. The largest absolute Gasteiger partial charge is 0.310 e. The number of amides is 1. The molecule has 0 aliphatic rings. The number of anilines is 1. The van der Waals surface area contributed by atoms with Crippen LogP contribution in [0.2, 0.25) is 0 Å². The van der Waals surface area contributed by atoms with Gasteiger partial charge in [0.2, 0.25) is 5.91 Å². The zero-order chi connectivity index (χ0) is 16.9. The van der Waals surface area contributed by atoms with E-state index in [-0.39, 0.29) is 11.8 Å². The minimum Gasteiger partial charge on any atom is -0.310 e. The molecule has 2 aromatic carbocycles. The molecule has 0 aliphatic carbocycles. The Balaban J connectivity index is 1.96. The monoisotopic (exact) mass is 316 g/mol. The van der Waals surface area contributed by atoms with Gasteiger partial charge in [-0.25, -0.2) is 4.98 Å². The first kappa shape index (κ1) is 15.9. The average Bonchev–Trinajstić information content (AvgIpc) is 2.59. The van der Waals surface area contributed by atoms with E-state index in [9.17, 15) is 4.79 Å². The molecule has 3 aromatic rings. The third-order valence-electron chi connectivity index (χ3n) is 4.00. The van der Waals surface area contributed by atoms with Crippen LogP contribution in [0, 0.1) is 13.8 Å². The SMILES string of the molecule is Cc1ccc(C(C(=O)Nc2ccccn2)c2ccc(C)cc2)cc1. The van der Waals surface area contributed by atoms with Gasteiger partial charge in [0.25, 0.3) is 0 Å². The zero-order valence-corrected chi connectivity index (χ0v) is 13.9. The van der Waals surface area contributed by atoms with Gasteiger partial charge in [0, 0.05) is 6.20 Å². The summed E-state index contributed by atoms with van der Waals surface area (Å²) in [6.07, 6.45) is 1.67. The fourth-order valence-electron chi connectivity index (χ4n) is 2.65. The number of nitrogens with zero attached hydrogens (tertiary/aromatic N) is 1. The Bertz CT molecular complexity index is 763. The molecule has 0 atom stereocenters. The summed E-state index contributed by atoms with van der Waals surface area (Å²) in [6.45, 7) is 4.08. The number of hydrogen-bond donors (Lipinski definition) is 1. The molecule has 0 unspecified atom stereocenters. The molecule has 3 rings (SSSR count). The number of carbonyl (C=O) groups excluding carboxylic acids is 1. The van der Waals surface area contributed by atoms with Crippen LogP contribution in [0.25, 0.3) is 0 Å². The number of hydrogen-bond acceptors (Lipinski definition) is 2. The van der Waals surface area contributed by atoms with Crippen molar-refractivity contribution in [3.05, 3.63) is 95.2 Å². The minimum atomic E-state index is -0.367. The van der Waals surface area contributed by atoms with Crippen molar-refractivity contribution in [2.45, 2.75) is 19.8 Å². The number of nitrogens with one attached hydrogen (secondary N) is 1. The highest BCUT2D eigenvalue weighted by Crippen LogP contribution is 2.27. The second kappa shape index (κ2) is 7.09. The van der Waals surface area contributed by atoms with E-state index in [1.165, 1.54) is 11.1 Å². The number of carbonyl (C=O) groups is 1. The molecule has 0 saturated carbocycles. The van der Waals surface area contributed by atoms with E-state index >= 15 is 0 Å². The molecule has 120 valence electrons. The molecular formula is C21H20N2O. The molecule has 1 heterocycles. The Morgan fingerprint density at radius 2 is 1.38 bits per heavy atom. The van der Waals surface area contributed by atoms with Crippen LogP contribution >= 0.6 is 0 Å². The molecule has 3 nitrogen and oxygen atoms in total. The topological polar surface area (TPSA) is 42.0 Å². The summed E-state index contributed by atoms with van der Waals surface area (Å²) in [5.41, 5.74) is 4.29. The highest BCUT2D eigenvalue weighted by Gasteiger charge is 2.23. The van der Waals surface area contributed by atoms with Crippen molar-refractivity contribution in [3.8, 4) is 0 Å². The molecule has 0 fully saturated rings. The van der Waals surface area contributed by atoms with Gasteiger partial charge in [-0.15, -0.1) is 0 Å². The summed E-state index contributed by atoms with van der Waals surface area (Å²) >= 11 is 0. The van der Waals surface area contributed by atoms with Crippen LogP contribution in [-0.4, -0.2) is 10.9 Å². The average molecular weight is 316 g/mol. The Kier molecular flexibility index (Phi) is 4.71. The number of rotatable bonds is 4. The Morgan fingerprint density at radius 3 is 1.83 bits per heavy atom. The second-order valence-electron chi connectivity index (χ2n) is 5.96. The maximum Gasteiger partial charge on any atom is 0.237 e. The maximum absolute atomic E-state index is 12.9. The Hall–Kier alpha value is -2.94. The van der Waals surface area contributed by atoms with Crippen molar-refractivity contribution >= 4 is 11.7 Å². The maximum atomic E-state index is 12.9. The molecule has 0 bridgehead atoms. The second-order valence-corrected chi connectivity index (χ2v) is 5.96. The third-order valence-corrected chi connectivity index (χ3v) is 4.00. The summed E-state index contributed by atoms with van der Waals surface area (Å²) in [4.78, 5) is 17.1.